The topological polar surface area (TPSA) is 26.3 Å². The maximum atomic E-state index is 11.5. The molecule has 0 aromatic carbocycles. The molecule has 0 N–H and O–H groups in total. The van der Waals surface area contributed by atoms with Crippen molar-refractivity contribution in [3.05, 3.63) is 23.8 Å². The summed E-state index contributed by atoms with van der Waals surface area (Å²) >= 11 is 0. The molecule has 2 heteroatoms. The Bertz CT molecular complexity index is 396. The predicted molar refractivity (Wildman–Crippen MR) is 89.7 cm³/mol. The molecule has 21 heavy (non-hydrogen) atoms. The zero-order chi connectivity index (χ0) is 16.3. The highest BCUT2D eigenvalue weighted by molar-refractivity contribution is 5.88. The highest BCUT2D eigenvalue weighted by Gasteiger charge is 2.09. The number of rotatable bonds is 9. The summed E-state index contributed by atoms with van der Waals surface area (Å²) in [6.07, 6.45) is 14.4. The average molecular weight is 290 g/mol. The van der Waals surface area contributed by atoms with Crippen molar-refractivity contribution in [2.45, 2.75) is 53.9 Å². The lowest BCUT2D eigenvalue weighted by molar-refractivity contribution is -0.137. The van der Waals surface area contributed by atoms with Crippen molar-refractivity contribution >= 4 is 5.97 Å². The Morgan fingerprint density at radius 1 is 1.24 bits per heavy atom. The van der Waals surface area contributed by atoms with Crippen LogP contribution in [0.3, 0.4) is 0 Å². The predicted octanol–water partition coefficient (Wildman–Crippen LogP) is 4.76. The standard InChI is InChI=1S/C19H30O2/c1-7-14-21-19(20)18(6)11-9-8-10-16(4)12-13-17(5)15(2)3/h1,8-9,11,15-17H,10,12-14H2,2-6H3/b9-8+,18-11+. The second-order valence-corrected chi connectivity index (χ2v) is 6.20. The molecule has 118 valence electrons. The van der Waals surface area contributed by atoms with Gasteiger partial charge in [-0.3, -0.25) is 0 Å². The summed E-state index contributed by atoms with van der Waals surface area (Å²) in [5.74, 6) is 4.14. The second kappa shape index (κ2) is 11.2. The molecule has 0 saturated carbocycles. The number of carbonyl (C=O) groups excluding carboxylic acids is 1. The van der Waals surface area contributed by atoms with Gasteiger partial charge in [-0.15, -0.1) is 6.42 Å². The van der Waals surface area contributed by atoms with Crippen molar-refractivity contribution in [3.8, 4) is 12.3 Å². The summed E-state index contributed by atoms with van der Waals surface area (Å²) in [7, 11) is 0. The van der Waals surface area contributed by atoms with Crippen LogP contribution in [0.1, 0.15) is 53.9 Å². The second-order valence-electron chi connectivity index (χ2n) is 6.20. The fourth-order valence-corrected chi connectivity index (χ4v) is 1.81. The zero-order valence-corrected chi connectivity index (χ0v) is 14.2. The molecule has 0 rings (SSSR count). The largest absolute Gasteiger partial charge is 0.449 e. The Morgan fingerprint density at radius 3 is 2.48 bits per heavy atom. The first-order valence-electron chi connectivity index (χ1n) is 7.82. The molecule has 0 spiro atoms. The van der Waals surface area contributed by atoms with E-state index in [9.17, 15) is 4.79 Å². The maximum absolute atomic E-state index is 11.5. The molecule has 0 aliphatic carbocycles. The van der Waals surface area contributed by atoms with Crippen molar-refractivity contribution in [1.29, 1.82) is 0 Å². The average Bonchev–Trinajstić information content (AvgIpc) is 2.45. The van der Waals surface area contributed by atoms with Gasteiger partial charge in [0.25, 0.3) is 0 Å². The van der Waals surface area contributed by atoms with Crippen LogP contribution in [0.4, 0.5) is 0 Å². The van der Waals surface area contributed by atoms with Crippen molar-refractivity contribution in [2.24, 2.45) is 17.8 Å². The number of terminal acetylenes is 1. The van der Waals surface area contributed by atoms with E-state index in [0.717, 1.165) is 18.3 Å². The van der Waals surface area contributed by atoms with Crippen LogP contribution < -0.4 is 0 Å². The van der Waals surface area contributed by atoms with E-state index in [0.29, 0.717) is 11.5 Å². The fourth-order valence-electron chi connectivity index (χ4n) is 1.81. The van der Waals surface area contributed by atoms with Gasteiger partial charge in [0.1, 0.15) is 0 Å². The third kappa shape index (κ3) is 9.96. The van der Waals surface area contributed by atoms with E-state index in [1.807, 2.05) is 6.08 Å². The van der Waals surface area contributed by atoms with Crippen LogP contribution in [0.15, 0.2) is 23.8 Å². The van der Waals surface area contributed by atoms with Gasteiger partial charge in [0.05, 0.1) is 0 Å². The highest BCUT2D eigenvalue weighted by atomic mass is 16.5. The highest BCUT2D eigenvalue weighted by Crippen LogP contribution is 2.20. The Labute approximate surface area is 130 Å². The minimum absolute atomic E-state index is 0.0266. The molecule has 0 heterocycles. The van der Waals surface area contributed by atoms with E-state index >= 15 is 0 Å². The number of allylic oxidation sites excluding steroid dienone is 3. The van der Waals surface area contributed by atoms with Crippen LogP contribution in [-0.4, -0.2) is 12.6 Å². The SMILES string of the molecule is C#CCOC(=O)/C(C)=C/C=C/CC(C)CCC(C)C(C)C. The molecule has 0 amide bonds. The molecule has 0 aliphatic rings. The van der Waals surface area contributed by atoms with Gasteiger partial charge in [-0.25, -0.2) is 4.79 Å². The normalized spacial score (nSPS) is 15.0. The lowest BCUT2D eigenvalue weighted by Crippen LogP contribution is -2.06. The zero-order valence-electron chi connectivity index (χ0n) is 14.2. The van der Waals surface area contributed by atoms with Gasteiger partial charge in [-0.2, -0.15) is 0 Å². The van der Waals surface area contributed by atoms with Crippen LogP contribution >= 0.6 is 0 Å². The molecule has 0 radical (unpaired) electrons. The number of hydrogen-bond acceptors (Lipinski definition) is 2. The van der Waals surface area contributed by atoms with Crippen LogP contribution in [0.25, 0.3) is 0 Å². The van der Waals surface area contributed by atoms with Gasteiger partial charge >= 0.3 is 5.97 Å². The van der Waals surface area contributed by atoms with E-state index in [2.05, 4.69) is 39.7 Å². The molecule has 2 atom stereocenters. The Hall–Kier alpha value is -1.49. The number of ether oxygens (including phenoxy) is 1. The molecule has 0 aromatic rings. The number of hydrogen-bond donors (Lipinski definition) is 0. The van der Waals surface area contributed by atoms with E-state index < -0.39 is 0 Å². The molecule has 2 nitrogen and oxygen atoms in total. The van der Waals surface area contributed by atoms with Crippen molar-refractivity contribution in [3.63, 3.8) is 0 Å². The van der Waals surface area contributed by atoms with E-state index in [1.54, 1.807) is 13.0 Å². The van der Waals surface area contributed by atoms with Crippen LogP contribution in [0, 0.1) is 30.1 Å². The van der Waals surface area contributed by atoms with Gasteiger partial charge < -0.3 is 4.74 Å². The van der Waals surface area contributed by atoms with Gasteiger partial charge in [0, 0.05) is 5.57 Å². The Balaban J connectivity index is 4.04. The molecule has 0 aromatic heterocycles. The van der Waals surface area contributed by atoms with E-state index in [-0.39, 0.29) is 12.6 Å². The molecule has 0 aliphatic heterocycles. The third-order valence-corrected chi connectivity index (χ3v) is 3.88. The molecule has 0 bridgehead atoms. The van der Waals surface area contributed by atoms with Crippen molar-refractivity contribution in [2.75, 3.05) is 6.61 Å². The molecular formula is C19H30O2. The van der Waals surface area contributed by atoms with Crippen LogP contribution in [-0.2, 0) is 9.53 Å². The minimum atomic E-state index is -0.351. The maximum Gasteiger partial charge on any atom is 0.334 e. The van der Waals surface area contributed by atoms with Crippen molar-refractivity contribution < 1.29 is 9.53 Å². The minimum Gasteiger partial charge on any atom is -0.449 e. The number of carbonyl (C=O) groups is 1. The third-order valence-electron chi connectivity index (χ3n) is 3.88. The fraction of sp³-hybridized carbons (Fsp3) is 0.632. The Kier molecular flexibility index (Phi) is 10.4. The summed E-state index contributed by atoms with van der Waals surface area (Å²) < 4.78 is 4.84. The van der Waals surface area contributed by atoms with E-state index in [4.69, 9.17) is 11.2 Å². The summed E-state index contributed by atoms with van der Waals surface area (Å²) in [4.78, 5) is 11.5. The first kappa shape index (κ1) is 19.5. The lowest BCUT2D eigenvalue weighted by Gasteiger charge is -2.17. The smallest absolute Gasteiger partial charge is 0.334 e. The monoisotopic (exact) mass is 290 g/mol. The Morgan fingerprint density at radius 2 is 1.90 bits per heavy atom. The molecular weight excluding hydrogens is 260 g/mol. The summed E-state index contributed by atoms with van der Waals surface area (Å²) in [6, 6.07) is 0. The van der Waals surface area contributed by atoms with Gasteiger partial charge in [0.2, 0.25) is 0 Å². The summed E-state index contributed by atoms with van der Waals surface area (Å²) in [5, 5.41) is 0. The van der Waals surface area contributed by atoms with Crippen LogP contribution in [0.5, 0.6) is 0 Å². The van der Waals surface area contributed by atoms with Gasteiger partial charge in [-0.1, -0.05) is 64.7 Å². The summed E-state index contributed by atoms with van der Waals surface area (Å²) in [5.41, 5.74) is 0.572. The lowest BCUT2D eigenvalue weighted by atomic mass is 9.89. The van der Waals surface area contributed by atoms with E-state index in [1.165, 1.54) is 12.8 Å². The first-order chi connectivity index (χ1) is 9.88. The van der Waals surface area contributed by atoms with Crippen LogP contribution in [0.2, 0.25) is 0 Å². The quantitative estimate of drug-likeness (QED) is 0.265. The van der Waals surface area contributed by atoms with Crippen molar-refractivity contribution in [1.82, 2.24) is 0 Å². The molecule has 2 unspecified atom stereocenters. The first-order valence-corrected chi connectivity index (χ1v) is 7.82. The summed E-state index contributed by atoms with van der Waals surface area (Å²) in [6.45, 7) is 10.9. The molecule has 0 fully saturated rings. The number of esters is 1. The molecule has 0 saturated heterocycles. The van der Waals surface area contributed by atoms with Gasteiger partial charge in [0.15, 0.2) is 6.61 Å². The van der Waals surface area contributed by atoms with Gasteiger partial charge in [-0.05, 0) is 31.1 Å².